The highest BCUT2D eigenvalue weighted by Gasteiger charge is 2.43. The Morgan fingerprint density at radius 3 is 1.90 bits per heavy atom. The van der Waals surface area contributed by atoms with Crippen LogP contribution in [0, 0.1) is 11.6 Å². The molecule has 1 heterocycles. The van der Waals surface area contributed by atoms with Crippen LogP contribution in [0.1, 0.15) is 48.5 Å². The maximum Gasteiger partial charge on any atom is 0.393 e. The van der Waals surface area contributed by atoms with Crippen LogP contribution in [0.3, 0.4) is 0 Å². The van der Waals surface area contributed by atoms with E-state index in [1.165, 1.54) is 46.8 Å². The minimum absolute atomic E-state index is 0.0753. The maximum absolute atomic E-state index is 13.6. The molecule has 3 aromatic carbocycles. The van der Waals surface area contributed by atoms with Gasteiger partial charge >= 0.3 is 6.18 Å². The van der Waals surface area contributed by atoms with Gasteiger partial charge in [0.25, 0.3) is 0 Å². The third-order valence-corrected chi connectivity index (χ3v) is 9.74. The number of hydrogen-bond donors (Lipinski definition) is 0. The van der Waals surface area contributed by atoms with Gasteiger partial charge in [0.15, 0.2) is 0 Å². The number of halogens is 5. The van der Waals surface area contributed by atoms with Crippen molar-refractivity contribution < 1.29 is 35.1 Å². The summed E-state index contributed by atoms with van der Waals surface area (Å²) in [6, 6.07) is 16.8. The number of alkyl halides is 3. The van der Waals surface area contributed by atoms with Gasteiger partial charge in [-0.25, -0.2) is 17.2 Å². The van der Waals surface area contributed by atoms with Crippen LogP contribution in [0.15, 0.2) is 77.7 Å². The standard InChI is InChI=1S/C31H33F5N2O3S/c32-25-8-4-23(5-9-25)30(24-6-10-26(33)11-7-24)41-19-18-37-16-14-28(15-17-37)38(27-12-13-27)42(39,40)29-3-1-2-22(20-29)21-31(34,35)36/h1-11,20,27-28,30H,12-19,21H2. The number of sulfonamides is 1. The molecule has 0 spiro atoms. The van der Waals surface area contributed by atoms with Crippen LogP contribution in [0.2, 0.25) is 0 Å². The summed E-state index contributed by atoms with van der Waals surface area (Å²) in [6.45, 7) is 2.21. The zero-order chi connectivity index (χ0) is 29.9. The Morgan fingerprint density at radius 1 is 0.833 bits per heavy atom. The molecule has 2 fully saturated rings. The molecule has 0 radical (unpaired) electrons. The van der Waals surface area contributed by atoms with Gasteiger partial charge in [-0.3, -0.25) is 0 Å². The zero-order valence-electron chi connectivity index (χ0n) is 22.9. The Bertz CT molecular complexity index is 1390. The summed E-state index contributed by atoms with van der Waals surface area (Å²) in [6.07, 6.45) is -3.44. The molecule has 3 aromatic rings. The second-order valence-electron chi connectivity index (χ2n) is 10.9. The fraction of sp³-hybridized carbons (Fsp3) is 0.419. The second-order valence-corrected chi connectivity index (χ2v) is 12.8. The van der Waals surface area contributed by atoms with E-state index in [9.17, 15) is 30.4 Å². The number of piperidine rings is 1. The van der Waals surface area contributed by atoms with Crippen molar-refractivity contribution in [2.24, 2.45) is 0 Å². The maximum atomic E-state index is 13.6. The highest BCUT2D eigenvalue weighted by atomic mass is 32.2. The zero-order valence-corrected chi connectivity index (χ0v) is 23.8. The summed E-state index contributed by atoms with van der Waals surface area (Å²) >= 11 is 0. The third-order valence-electron chi connectivity index (χ3n) is 7.74. The van der Waals surface area contributed by atoms with Crippen LogP contribution >= 0.6 is 0 Å². The van der Waals surface area contributed by atoms with Gasteiger partial charge in [0.05, 0.1) is 17.9 Å². The first-order chi connectivity index (χ1) is 20.0. The molecule has 1 aliphatic heterocycles. The largest absolute Gasteiger partial charge is 0.393 e. The van der Waals surface area contributed by atoms with Crippen molar-refractivity contribution in [3.8, 4) is 0 Å². The molecule has 1 saturated heterocycles. The minimum Gasteiger partial charge on any atom is -0.367 e. The Kier molecular flexibility index (Phi) is 9.31. The van der Waals surface area contributed by atoms with E-state index in [0.717, 1.165) is 30.0 Å². The molecule has 226 valence electrons. The number of likely N-dealkylation sites (tertiary alicyclic amines) is 1. The summed E-state index contributed by atoms with van der Waals surface area (Å²) in [4.78, 5) is 2.09. The van der Waals surface area contributed by atoms with Gasteiger partial charge < -0.3 is 9.64 Å². The Hall–Kier alpha value is -2.86. The van der Waals surface area contributed by atoms with Crippen LogP contribution in [-0.4, -0.2) is 62.1 Å². The molecule has 11 heteroatoms. The molecule has 0 bridgehead atoms. The van der Waals surface area contributed by atoms with E-state index >= 15 is 0 Å². The predicted octanol–water partition coefficient (Wildman–Crippen LogP) is 6.49. The third kappa shape index (κ3) is 7.75. The van der Waals surface area contributed by atoms with Gasteiger partial charge in [0.2, 0.25) is 10.0 Å². The number of nitrogens with zero attached hydrogens (tertiary/aromatic N) is 2. The SMILES string of the molecule is O=S(=O)(c1cccc(CC(F)(F)F)c1)N(C1CC1)C1CCN(CCOC(c2ccc(F)cc2)c2ccc(F)cc2)CC1. The van der Waals surface area contributed by atoms with Crippen LogP contribution in [0.5, 0.6) is 0 Å². The fourth-order valence-corrected chi connectivity index (χ4v) is 7.55. The summed E-state index contributed by atoms with van der Waals surface area (Å²) in [7, 11) is -3.96. The lowest BCUT2D eigenvalue weighted by atomic mass is 10.0. The first-order valence-corrected chi connectivity index (χ1v) is 15.5. The topological polar surface area (TPSA) is 49.9 Å². The van der Waals surface area contributed by atoms with Crippen molar-refractivity contribution >= 4 is 10.0 Å². The first kappa shape index (κ1) is 30.6. The smallest absolute Gasteiger partial charge is 0.367 e. The summed E-state index contributed by atoms with van der Waals surface area (Å²) in [5.41, 5.74) is 1.41. The molecule has 5 rings (SSSR count). The lowest BCUT2D eigenvalue weighted by Crippen LogP contribution is -2.48. The Morgan fingerprint density at radius 2 is 1.38 bits per heavy atom. The van der Waals surface area contributed by atoms with Crippen LogP contribution in [0.25, 0.3) is 0 Å². The van der Waals surface area contributed by atoms with E-state index in [-0.39, 0.29) is 34.2 Å². The lowest BCUT2D eigenvalue weighted by molar-refractivity contribution is -0.127. The molecule has 0 N–H and O–H groups in total. The average molecular weight is 609 g/mol. The van der Waals surface area contributed by atoms with Crippen molar-refractivity contribution in [2.75, 3.05) is 26.2 Å². The normalized spacial score (nSPS) is 17.3. The molecule has 1 saturated carbocycles. The molecule has 2 aliphatic rings. The lowest BCUT2D eigenvalue weighted by Gasteiger charge is -2.38. The molecule has 0 amide bonds. The molecule has 5 nitrogen and oxygen atoms in total. The Balaban J connectivity index is 1.20. The summed E-state index contributed by atoms with van der Waals surface area (Å²) in [5, 5.41) is 0. The van der Waals surface area contributed by atoms with E-state index < -0.39 is 28.7 Å². The van der Waals surface area contributed by atoms with Crippen molar-refractivity contribution in [1.29, 1.82) is 0 Å². The van der Waals surface area contributed by atoms with Crippen LogP contribution in [0.4, 0.5) is 22.0 Å². The van der Waals surface area contributed by atoms with E-state index in [1.807, 2.05) is 0 Å². The molecule has 0 unspecified atom stereocenters. The van der Waals surface area contributed by atoms with Gasteiger partial charge in [-0.2, -0.15) is 17.5 Å². The average Bonchev–Trinajstić information content (AvgIpc) is 3.78. The highest BCUT2D eigenvalue weighted by molar-refractivity contribution is 7.89. The summed E-state index contributed by atoms with van der Waals surface area (Å²) < 4.78 is 101. The monoisotopic (exact) mass is 608 g/mol. The van der Waals surface area contributed by atoms with Crippen LogP contribution in [-0.2, 0) is 21.2 Å². The number of benzene rings is 3. The quantitative estimate of drug-likeness (QED) is 0.234. The molecule has 0 atom stereocenters. The highest BCUT2D eigenvalue weighted by Crippen LogP contribution is 2.37. The number of ether oxygens (including phenoxy) is 1. The van der Waals surface area contributed by atoms with Crippen LogP contribution < -0.4 is 0 Å². The summed E-state index contributed by atoms with van der Waals surface area (Å²) in [5.74, 6) is -0.730. The Labute approximate surface area is 242 Å². The molecule has 42 heavy (non-hydrogen) atoms. The number of rotatable bonds is 11. The number of hydrogen-bond acceptors (Lipinski definition) is 4. The molecule has 0 aromatic heterocycles. The van der Waals surface area contributed by atoms with E-state index in [4.69, 9.17) is 4.74 Å². The van der Waals surface area contributed by atoms with E-state index in [2.05, 4.69) is 4.90 Å². The van der Waals surface area contributed by atoms with Gasteiger partial charge in [0.1, 0.15) is 17.7 Å². The molecular formula is C31H33F5N2O3S. The van der Waals surface area contributed by atoms with Gasteiger partial charge in [-0.15, -0.1) is 0 Å². The van der Waals surface area contributed by atoms with Crippen molar-refractivity contribution in [3.63, 3.8) is 0 Å². The first-order valence-electron chi connectivity index (χ1n) is 14.0. The fourth-order valence-electron chi connectivity index (χ4n) is 5.55. The van der Waals surface area contributed by atoms with Crippen molar-refractivity contribution in [3.05, 3.63) is 101 Å². The van der Waals surface area contributed by atoms with Gasteiger partial charge in [-0.05, 0) is 91.9 Å². The van der Waals surface area contributed by atoms with Gasteiger partial charge in [0, 0.05) is 18.6 Å². The van der Waals surface area contributed by atoms with E-state index in [0.29, 0.717) is 39.1 Å². The van der Waals surface area contributed by atoms with E-state index in [1.54, 1.807) is 24.3 Å². The minimum atomic E-state index is -4.42. The predicted molar refractivity (Wildman–Crippen MR) is 148 cm³/mol. The molecular weight excluding hydrogens is 575 g/mol. The van der Waals surface area contributed by atoms with Gasteiger partial charge in [-0.1, -0.05) is 36.4 Å². The van der Waals surface area contributed by atoms with Crippen molar-refractivity contribution in [1.82, 2.24) is 9.21 Å². The second kappa shape index (κ2) is 12.8. The molecule has 1 aliphatic carbocycles. The van der Waals surface area contributed by atoms with Crippen molar-refractivity contribution in [2.45, 2.75) is 61.4 Å².